The van der Waals surface area contributed by atoms with Crippen LogP contribution in [0.4, 0.5) is 9.18 Å². The molecule has 338 valence electrons. The van der Waals surface area contributed by atoms with E-state index in [0.717, 1.165) is 6.07 Å². The summed E-state index contributed by atoms with van der Waals surface area (Å²) in [5, 5.41) is 14.4. The summed E-state index contributed by atoms with van der Waals surface area (Å²) in [5.74, 6) is -6.86. The molecule has 8 rings (SSSR count). The fourth-order valence-electron chi connectivity index (χ4n) is 11.1. The second kappa shape index (κ2) is 16.8. The fourth-order valence-corrected chi connectivity index (χ4v) is 11.1. The average molecular weight is 884 g/mol. The molecule has 2 N–H and O–H groups in total. The van der Waals surface area contributed by atoms with Crippen LogP contribution >= 0.6 is 0 Å². The van der Waals surface area contributed by atoms with Crippen LogP contribution in [-0.4, -0.2) is 96.0 Å². The van der Waals surface area contributed by atoms with Crippen LogP contribution in [0.3, 0.4) is 0 Å². The lowest BCUT2D eigenvalue weighted by atomic mass is 9.45. The number of benzene rings is 3. The molecule has 1 amide bonds. The van der Waals surface area contributed by atoms with Crippen molar-refractivity contribution in [1.82, 2.24) is 5.32 Å². The minimum Gasteiger partial charge on any atom is -0.462 e. The minimum absolute atomic E-state index is 0.0280. The zero-order valence-corrected chi connectivity index (χ0v) is 36.1. The van der Waals surface area contributed by atoms with E-state index in [1.54, 1.807) is 74.5 Å². The number of ether oxygens (including phenoxy) is 7. The van der Waals surface area contributed by atoms with Crippen molar-refractivity contribution in [3.63, 3.8) is 0 Å². The Labute approximate surface area is 368 Å². The van der Waals surface area contributed by atoms with Gasteiger partial charge in [-0.15, -0.1) is 0 Å². The van der Waals surface area contributed by atoms with Crippen LogP contribution in [0.5, 0.6) is 0 Å². The highest BCUT2D eigenvalue weighted by Gasteiger charge is 2.78. The standard InChI is InChI=1S/C48H50FNO14/c1-24-32(60-44(56)37(53)36(27-15-9-7-10-16-27)50-42(54)29-19-13-14-20-31(29)49)21-30-38(61-43(55)28-17-11-8-12-18-28)40-47(6,41-39(62-45(57)63-41)35(24)46(30,4)5)33(59-25(2)51)22-34-48(40,23-58-34)64-26(3)52/h7-20,30,32-34,36-41,53H,21-23H2,1-6H3,(H,50,54)/t30?,32-,33-,34+,36-,37+,38+,39+,40-,41-,47+,48-/m0/s1. The van der Waals surface area contributed by atoms with Gasteiger partial charge in [0, 0.05) is 26.2 Å². The van der Waals surface area contributed by atoms with Gasteiger partial charge in [-0.25, -0.2) is 18.8 Å². The molecule has 12 atom stereocenters. The molecule has 2 saturated carbocycles. The molecular weight excluding hydrogens is 834 g/mol. The van der Waals surface area contributed by atoms with Gasteiger partial charge in [-0.3, -0.25) is 14.4 Å². The first-order valence-corrected chi connectivity index (χ1v) is 21.2. The molecule has 16 heteroatoms. The number of carbonyl (C=O) groups excluding carboxylic acids is 6. The van der Waals surface area contributed by atoms with E-state index >= 15 is 0 Å². The van der Waals surface area contributed by atoms with E-state index in [9.17, 15) is 38.3 Å². The SMILES string of the molecule is CC(=O)O[C@H]1C[C@H]2OC[C@@]2(OC(C)=O)[C@H]2[C@H](OC(=O)c3ccccc3)C3C[C@H](OC(=O)[C@H](O)[C@@H](NC(=O)c4ccccc4F)c4ccccc4)C(C)=C([C@H]4OC(=O)O[C@@H]4[C@]12C)C3(C)C. The highest BCUT2D eigenvalue weighted by Crippen LogP contribution is 2.66. The number of aliphatic hydroxyl groups is 1. The van der Waals surface area contributed by atoms with Crippen molar-refractivity contribution in [3.05, 3.63) is 119 Å². The summed E-state index contributed by atoms with van der Waals surface area (Å²) in [4.78, 5) is 81.8. The lowest BCUT2D eigenvalue weighted by Gasteiger charge is -2.67. The average Bonchev–Trinajstić information content (AvgIpc) is 3.64. The summed E-state index contributed by atoms with van der Waals surface area (Å²) in [7, 11) is 0. The number of hydrogen-bond acceptors (Lipinski definition) is 14. The van der Waals surface area contributed by atoms with Crippen molar-refractivity contribution in [2.75, 3.05) is 6.61 Å². The van der Waals surface area contributed by atoms with Crippen LogP contribution in [0.25, 0.3) is 0 Å². The van der Waals surface area contributed by atoms with E-state index in [-0.39, 0.29) is 30.6 Å². The Morgan fingerprint density at radius 3 is 2.12 bits per heavy atom. The van der Waals surface area contributed by atoms with Gasteiger partial charge >= 0.3 is 30.0 Å². The number of rotatable bonds is 10. The van der Waals surface area contributed by atoms with Crippen LogP contribution in [0.15, 0.2) is 96.1 Å². The highest BCUT2D eigenvalue weighted by atomic mass is 19.1. The predicted octanol–water partition coefficient (Wildman–Crippen LogP) is 5.73. The Balaban J connectivity index is 1.26. The maximum atomic E-state index is 14.8. The van der Waals surface area contributed by atoms with Crippen molar-refractivity contribution >= 4 is 35.9 Å². The zero-order chi connectivity index (χ0) is 45.9. The zero-order valence-electron chi connectivity index (χ0n) is 36.1. The van der Waals surface area contributed by atoms with E-state index in [4.69, 9.17) is 33.2 Å². The van der Waals surface area contributed by atoms with Gasteiger partial charge in [0.2, 0.25) is 0 Å². The molecular formula is C48H50FNO14. The maximum Gasteiger partial charge on any atom is 0.509 e. The van der Waals surface area contributed by atoms with E-state index < -0.39 is 119 Å². The smallest absolute Gasteiger partial charge is 0.462 e. The topological polar surface area (TPSA) is 199 Å². The van der Waals surface area contributed by atoms with Crippen molar-refractivity contribution in [2.24, 2.45) is 22.7 Å². The predicted molar refractivity (Wildman–Crippen MR) is 220 cm³/mol. The summed E-state index contributed by atoms with van der Waals surface area (Å²) in [6.45, 7) is 9.53. The quantitative estimate of drug-likeness (QED) is 0.142. The minimum atomic E-state index is -2.03. The van der Waals surface area contributed by atoms with E-state index in [1.165, 1.54) is 32.0 Å². The molecule has 2 bridgehead atoms. The third kappa shape index (κ3) is 7.49. The first kappa shape index (κ1) is 44.5. The van der Waals surface area contributed by atoms with E-state index in [2.05, 4.69) is 5.32 Å². The molecule has 5 aliphatic rings. The molecule has 3 aromatic carbocycles. The number of amides is 1. The molecule has 15 nitrogen and oxygen atoms in total. The summed E-state index contributed by atoms with van der Waals surface area (Å²) >= 11 is 0. The molecule has 4 fully saturated rings. The van der Waals surface area contributed by atoms with Crippen LogP contribution in [-0.2, 0) is 47.5 Å². The van der Waals surface area contributed by atoms with Crippen molar-refractivity contribution in [3.8, 4) is 0 Å². The fraction of sp³-hybridized carbons (Fsp3) is 0.458. The van der Waals surface area contributed by atoms with Crippen molar-refractivity contribution < 1.29 is 71.4 Å². The Bertz CT molecular complexity index is 2390. The van der Waals surface area contributed by atoms with Gasteiger partial charge in [0.25, 0.3) is 5.91 Å². The summed E-state index contributed by atoms with van der Waals surface area (Å²) in [5.41, 5.74) is -2.94. The third-order valence-corrected chi connectivity index (χ3v) is 14.0. The van der Waals surface area contributed by atoms with E-state index in [1.807, 2.05) is 13.8 Å². The molecule has 2 heterocycles. The number of fused-ring (bicyclic) bond motifs is 8. The van der Waals surface area contributed by atoms with Gasteiger partial charge < -0.3 is 43.6 Å². The van der Waals surface area contributed by atoms with Crippen molar-refractivity contribution in [1.29, 1.82) is 0 Å². The highest BCUT2D eigenvalue weighted by molar-refractivity contribution is 5.95. The molecule has 3 aliphatic carbocycles. The lowest BCUT2D eigenvalue weighted by Crippen LogP contribution is -2.80. The van der Waals surface area contributed by atoms with E-state index in [0.29, 0.717) is 16.7 Å². The van der Waals surface area contributed by atoms with Crippen LogP contribution in [0, 0.1) is 28.5 Å². The van der Waals surface area contributed by atoms with Gasteiger partial charge in [-0.2, -0.15) is 0 Å². The monoisotopic (exact) mass is 883 g/mol. The second-order valence-electron chi connectivity index (χ2n) is 18.0. The summed E-state index contributed by atoms with van der Waals surface area (Å²) in [6.07, 6.45) is -9.90. The van der Waals surface area contributed by atoms with Gasteiger partial charge in [0.15, 0.2) is 23.9 Å². The number of esters is 4. The third-order valence-electron chi connectivity index (χ3n) is 14.0. The second-order valence-corrected chi connectivity index (χ2v) is 18.0. The molecule has 1 unspecified atom stereocenters. The summed E-state index contributed by atoms with van der Waals surface area (Å²) in [6, 6.07) is 20.3. The van der Waals surface area contributed by atoms with Gasteiger partial charge in [-0.05, 0) is 59.7 Å². The summed E-state index contributed by atoms with van der Waals surface area (Å²) < 4.78 is 58.3. The molecule has 64 heavy (non-hydrogen) atoms. The molecule has 0 aromatic heterocycles. The number of halogens is 1. The maximum absolute atomic E-state index is 14.8. The molecule has 2 aliphatic heterocycles. The van der Waals surface area contributed by atoms with Crippen LogP contribution in [0.1, 0.15) is 86.7 Å². The number of nitrogens with one attached hydrogen (secondary N) is 1. The van der Waals surface area contributed by atoms with Crippen LogP contribution in [0.2, 0.25) is 0 Å². The van der Waals surface area contributed by atoms with Gasteiger partial charge in [0.1, 0.15) is 30.2 Å². The van der Waals surface area contributed by atoms with Crippen LogP contribution < -0.4 is 5.32 Å². The molecule has 0 spiro atoms. The number of aliphatic hydroxyl groups excluding tert-OH is 1. The Hall–Kier alpha value is -6.13. The molecule has 2 saturated heterocycles. The Kier molecular flexibility index (Phi) is 11.7. The number of carbonyl (C=O) groups is 6. The first-order chi connectivity index (χ1) is 30.4. The van der Waals surface area contributed by atoms with Gasteiger partial charge in [0.05, 0.1) is 35.1 Å². The molecule has 0 radical (unpaired) electrons. The largest absolute Gasteiger partial charge is 0.509 e. The lowest BCUT2D eigenvalue weighted by molar-refractivity contribution is -0.351. The Morgan fingerprint density at radius 1 is 0.844 bits per heavy atom. The number of hydrogen-bond donors (Lipinski definition) is 2. The first-order valence-electron chi connectivity index (χ1n) is 21.2. The normalized spacial score (nSPS) is 31.8. The van der Waals surface area contributed by atoms with Crippen molar-refractivity contribution in [2.45, 2.75) is 109 Å². The molecule has 3 aromatic rings. The Morgan fingerprint density at radius 2 is 1.50 bits per heavy atom. The van der Waals surface area contributed by atoms with Gasteiger partial charge in [-0.1, -0.05) is 81.4 Å².